The first kappa shape index (κ1) is 29.7. The highest BCUT2D eigenvalue weighted by Gasteiger charge is 2.31. The van der Waals surface area contributed by atoms with Crippen LogP contribution in [0, 0.1) is 0 Å². The number of aldehydes is 1. The van der Waals surface area contributed by atoms with Gasteiger partial charge in [0.25, 0.3) is 17.6 Å². The maximum Gasteiger partial charge on any atom is 0.295 e. The fourth-order valence-corrected chi connectivity index (χ4v) is 5.10. The van der Waals surface area contributed by atoms with E-state index in [1.807, 2.05) is 6.07 Å². The van der Waals surface area contributed by atoms with E-state index in [-0.39, 0.29) is 35.8 Å². The lowest BCUT2D eigenvalue weighted by Crippen LogP contribution is -2.52. The van der Waals surface area contributed by atoms with E-state index in [0.29, 0.717) is 36.3 Å². The lowest BCUT2D eigenvalue weighted by atomic mass is 10.1. The van der Waals surface area contributed by atoms with Crippen LogP contribution in [0.2, 0.25) is 0 Å². The second kappa shape index (κ2) is 13.5. The highest BCUT2D eigenvalue weighted by Crippen LogP contribution is 2.22. The van der Waals surface area contributed by atoms with Crippen molar-refractivity contribution in [3.05, 3.63) is 71.9 Å². The number of rotatable bonds is 5. The molecule has 4 aromatic rings. The molecule has 0 bridgehead atoms. The van der Waals surface area contributed by atoms with E-state index in [2.05, 4.69) is 43.9 Å². The number of likely N-dealkylation sites (N-methyl/N-ethyl adjacent to an activating group) is 2. The second-order valence-corrected chi connectivity index (χ2v) is 10.7. The smallest absolute Gasteiger partial charge is 0.295 e. The molecule has 0 aliphatic carbocycles. The van der Waals surface area contributed by atoms with Crippen LogP contribution in [0.25, 0.3) is 16.9 Å². The van der Waals surface area contributed by atoms with Gasteiger partial charge in [-0.25, -0.2) is 14.6 Å². The predicted molar refractivity (Wildman–Crippen MR) is 159 cm³/mol. The lowest BCUT2D eigenvalue weighted by molar-refractivity contribution is -0.127. The third kappa shape index (κ3) is 6.84. The van der Waals surface area contributed by atoms with Crippen molar-refractivity contribution >= 4 is 34.9 Å². The Morgan fingerprint density at radius 2 is 1.51 bits per heavy atom. The van der Waals surface area contributed by atoms with Crippen LogP contribution in [0.1, 0.15) is 37.6 Å². The third-order valence-electron chi connectivity index (χ3n) is 7.65. The molecule has 0 atom stereocenters. The zero-order chi connectivity index (χ0) is 30.3. The Labute approximate surface area is 249 Å². The van der Waals surface area contributed by atoms with Gasteiger partial charge in [0.05, 0.1) is 5.56 Å². The molecule has 1 N–H and O–H groups in total. The van der Waals surface area contributed by atoms with E-state index in [0.717, 1.165) is 0 Å². The summed E-state index contributed by atoms with van der Waals surface area (Å²) in [6, 6.07) is 10.5. The number of ketones is 1. The number of fused-ring (bicyclic) bond motifs is 1. The maximum absolute atomic E-state index is 13.0. The van der Waals surface area contributed by atoms with E-state index >= 15 is 0 Å². The van der Waals surface area contributed by atoms with E-state index in [4.69, 9.17) is 0 Å². The van der Waals surface area contributed by atoms with E-state index in [1.54, 1.807) is 35.4 Å². The number of carbonyl (C=O) groups excluding carboxylic acids is 4. The molecule has 0 unspecified atom stereocenters. The molecular weight excluding hydrogens is 550 g/mol. The van der Waals surface area contributed by atoms with Crippen molar-refractivity contribution in [2.45, 2.75) is 6.42 Å². The number of carbonyl (C=O) groups is 4. The summed E-state index contributed by atoms with van der Waals surface area (Å²) < 4.78 is 1.39. The van der Waals surface area contributed by atoms with Gasteiger partial charge in [-0.3, -0.25) is 19.2 Å². The van der Waals surface area contributed by atoms with Crippen molar-refractivity contribution in [3.8, 4) is 5.82 Å². The van der Waals surface area contributed by atoms with Crippen LogP contribution >= 0.6 is 0 Å². The highest BCUT2D eigenvalue weighted by atomic mass is 16.2. The van der Waals surface area contributed by atoms with Crippen molar-refractivity contribution in [1.29, 1.82) is 0 Å². The molecule has 0 saturated carbocycles. The number of H-pyrrole nitrogens is 1. The summed E-state index contributed by atoms with van der Waals surface area (Å²) in [5.41, 5.74) is 1.64. The summed E-state index contributed by atoms with van der Waals surface area (Å²) in [6.07, 6.45) is 6.19. The number of Topliss-reactive ketones (excluding diaryl/α,β-unsaturated/α-hetero) is 1. The average Bonchev–Trinajstić information content (AvgIpc) is 3.66. The fraction of sp³-hybridized carbons (Fsp3) is 0.367. The summed E-state index contributed by atoms with van der Waals surface area (Å²) in [6.45, 7) is 6.19. The van der Waals surface area contributed by atoms with Crippen LogP contribution in [0.3, 0.4) is 0 Å². The van der Waals surface area contributed by atoms with Gasteiger partial charge in [-0.2, -0.15) is 5.10 Å². The van der Waals surface area contributed by atoms with Crippen molar-refractivity contribution < 1.29 is 19.2 Å². The first-order valence-corrected chi connectivity index (χ1v) is 14.2. The number of hydrogen-bond donors (Lipinski definition) is 1. The van der Waals surface area contributed by atoms with Crippen LogP contribution in [0.4, 0.5) is 0 Å². The number of hydrogen-bond acceptors (Lipinski definition) is 9. The largest absolute Gasteiger partial charge is 0.356 e. The number of piperazine rings is 1. The summed E-state index contributed by atoms with van der Waals surface area (Å²) in [7, 11) is 4.39. The quantitative estimate of drug-likeness (QED) is 0.209. The number of amides is 2. The lowest BCUT2D eigenvalue weighted by Gasteiger charge is -2.34. The van der Waals surface area contributed by atoms with Gasteiger partial charge in [-0.15, -0.1) is 0 Å². The second-order valence-electron chi connectivity index (χ2n) is 10.7. The maximum atomic E-state index is 13.0. The first-order chi connectivity index (χ1) is 20.9. The molecule has 5 heterocycles. The predicted octanol–water partition coefficient (Wildman–Crippen LogP) is 1.38. The van der Waals surface area contributed by atoms with Crippen LogP contribution in [0.5, 0.6) is 0 Å². The summed E-state index contributed by atoms with van der Waals surface area (Å²) in [4.78, 5) is 68.7. The van der Waals surface area contributed by atoms with Gasteiger partial charge >= 0.3 is 0 Å². The van der Waals surface area contributed by atoms with E-state index < -0.39 is 11.7 Å². The van der Waals surface area contributed by atoms with Crippen molar-refractivity contribution in [3.63, 3.8) is 0 Å². The summed E-state index contributed by atoms with van der Waals surface area (Å²) >= 11 is 0. The molecule has 2 aliphatic heterocycles. The number of nitrogens with one attached hydrogen (secondary N) is 1. The highest BCUT2D eigenvalue weighted by molar-refractivity contribution is 6.44. The molecule has 13 nitrogen and oxygen atoms in total. The van der Waals surface area contributed by atoms with Crippen LogP contribution in [-0.2, 0) is 4.79 Å². The van der Waals surface area contributed by atoms with Crippen molar-refractivity contribution in [1.82, 2.24) is 44.3 Å². The average molecular weight is 586 g/mol. The molecule has 224 valence electrons. The third-order valence-corrected chi connectivity index (χ3v) is 7.65. The van der Waals surface area contributed by atoms with Gasteiger partial charge in [0, 0.05) is 57.2 Å². The topological polar surface area (TPSA) is 141 Å². The van der Waals surface area contributed by atoms with Crippen molar-refractivity contribution in [2.75, 3.05) is 66.5 Å². The standard InChI is InChI=1S/C23H19N7O4.C7H16N2/c31-13-16-6-7-30(27-16)21-19-18(25-14-26-21)17(12-24-19)20(32)23(34)29-10-8-28(9-11-29)22(33)15-4-2-1-3-5-15;1-8-4-3-5-9(2)7-6-8/h1-7,12-14,24H,8-11H2;3-7H2,1-2H3. The molecule has 2 amide bonds. The molecule has 2 saturated heterocycles. The van der Waals surface area contributed by atoms with Gasteiger partial charge in [0.1, 0.15) is 23.1 Å². The summed E-state index contributed by atoms with van der Waals surface area (Å²) in [5.74, 6) is -1.11. The minimum Gasteiger partial charge on any atom is -0.356 e. The van der Waals surface area contributed by atoms with Crippen LogP contribution < -0.4 is 0 Å². The van der Waals surface area contributed by atoms with E-state index in [9.17, 15) is 19.2 Å². The molecule has 1 aromatic carbocycles. The minimum absolute atomic E-state index is 0.101. The Bertz CT molecular complexity index is 1580. The number of aromatic nitrogens is 5. The normalized spacial score (nSPS) is 16.3. The molecular formula is C30H35N9O4. The Morgan fingerprint density at radius 1 is 0.837 bits per heavy atom. The first-order valence-electron chi connectivity index (χ1n) is 14.2. The molecule has 6 rings (SSSR count). The molecule has 2 aliphatic rings. The zero-order valence-corrected chi connectivity index (χ0v) is 24.3. The molecule has 43 heavy (non-hydrogen) atoms. The SMILES string of the molecule is CN1CCCN(C)CC1.O=Cc1ccn(-c2ncnc3c(C(=O)C(=O)N4CCN(C(=O)c5ccccc5)CC4)c[nH]c23)n1. The van der Waals surface area contributed by atoms with Gasteiger partial charge in [0.15, 0.2) is 12.1 Å². The monoisotopic (exact) mass is 585 g/mol. The van der Waals surface area contributed by atoms with Gasteiger partial charge in [-0.05, 0) is 51.8 Å². The number of aromatic amines is 1. The molecule has 0 spiro atoms. The molecule has 0 radical (unpaired) electrons. The Kier molecular flexibility index (Phi) is 9.32. The van der Waals surface area contributed by atoms with Gasteiger partial charge < -0.3 is 24.6 Å². The Balaban J connectivity index is 0.000000351. The summed E-state index contributed by atoms with van der Waals surface area (Å²) in [5, 5.41) is 4.10. The zero-order valence-electron chi connectivity index (χ0n) is 24.3. The number of nitrogens with zero attached hydrogens (tertiary/aromatic N) is 8. The Hall–Kier alpha value is -4.75. The van der Waals surface area contributed by atoms with E-state index in [1.165, 1.54) is 60.8 Å². The van der Waals surface area contributed by atoms with Gasteiger partial charge in [0.2, 0.25) is 0 Å². The van der Waals surface area contributed by atoms with Gasteiger partial charge in [-0.1, -0.05) is 18.2 Å². The number of benzene rings is 1. The molecule has 13 heteroatoms. The fourth-order valence-electron chi connectivity index (χ4n) is 5.10. The molecule has 3 aromatic heterocycles. The van der Waals surface area contributed by atoms with Crippen LogP contribution in [-0.4, -0.2) is 135 Å². The minimum atomic E-state index is -0.701. The molecule has 2 fully saturated rings. The van der Waals surface area contributed by atoms with Crippen molar-refractivity contribution in [2.24, 2.45) is 0 Å². The Morgan fingerprint density at radius 3 is 2.16 bits per heavy atom. The van der Waals surface area contributed by atoms with Crippen LogP contribution in [0.15, 0.2) is 55.1 Å².